The summed E-state index contributed by atoms with van der Waals surface area (Å²) < 4.78 is 14.5. The third kappa shape index (κ3) is 1.36. The molecule has 2 aromatic rings. The van der Waals surface area contributed by atoms with Crippen LogP contribution < -0.4 is 11.2 Å². The van der Waals surface area contributed by atoms with E-state index in [1.54, 1.807) is 13.8 Å². The molecule has 0 unspecified atom stereocenters. The van der Waals surface area contributed by atoms with Gasteiger partial charge in [-0.25, -0.2) is 9.18 Å². The SMILES string of the molecule is CCn1c(=O)[nH]c2c(C)ccc(F)c2c1=O. The first-order chi connectivity index (χ1) is 7.56. The van der Waals surface area contributed by atoms with Gasteiger partial charge in [0.1, 0.15) is 5.82 Å². The third-order valence-corrected chi connectivity index (χ3v) is 2.62. The zero-order valence-corrected chi connectivity index (χ0v) is 9.00. The third-order valence-electron chi connectivity index (χ3n) is 2.62. The van der Waals surface area contributed by atoms with Crippen LogP contribution >= 0.6 is 0 Å². The average Bonchev–Trinajstić information content (AvgIpc) is 2.24. The Labute approximate surface area is 90.3 Å². The molecule has 0 spiro atoms. The number of nitrogens with zero attached hydrogens (tertiary/aromatic N) is 1. The second kappa shape index (κ2) is 3.59. The lowest BCUT2D eigenvalue weighted by Crippen LogP contribution is -2.35. The number of fused-ring (bicyclic) bond motifs is 1. The van der Waals surface area contributed by atoms with E-state index in [4.69, 9.17) is 0 Å². The zero-order valence-electron chi connectivity index (χ0n) is 9.00. The number of aromatic amines is 1. The summed E-state index contributed by atoms with van der Waals surface area (Å²) in [5.41, 5.74) is -0.135. The van der Waals surface area contributed by atoms with Crippen molar-refractivity contribution in [3.05, 3.63) is 44.4 Å². The summed E-state index contributed by atoms with van der Waals surface area (Å²) in [7, 11) is 0. The summed E-state index contributed by atoms with van der Waals surface area (Å²) >= 11 is 0. The van der Waals surface area contributed by atoms with Crippen LogP contribution in [0, 0.1) is 12.7 Å². The molecule has 84 valence electrons. The Morgan fingerprint density at radius 3 is 2.69 bits per heavy atom. The first-order valence-corrected chi connectivity index (χ1v) is 4.98. The van der Waals surface area contributed by atoms with Crippen LogP contribution in [0.3, 0.4) is 0 Å². The van der Waals surface area contributed by atoms with Gasteiger partial charge in [-0.3, -0.25) is 9.36 Å². The van der Waals surface area contributed by atoms with E-state index in [0.717, 1.165) is 4.57 Å². The molecule has 0 saturated heterocycles. The molecule has 1 heterocycles. The monoisotopic (exact) mass is 222 g/mol. The predicted octanol–water partition coefficient (Wildman–Crippen LogP) is 1.16. The van der Waals surface area contributed by atoms with Gasteiger partial charge in [0.25, 0.3) is 5.56 Å². The molecule has 1 N–H and O–H groups in total. The molecule has 0 aliphatic rings. The highest BCUT2D eigenvalue weighted by atomic mass is 19.1. The number of benzene rings is 1. The second-order valence-electron chi connectivity index (χ2n) is 3.59. The number of aryl methyl sites for hydroxylation is 1. The molecule has 2 rings (SSSR count). The summed E-state index contributed by atoms with van der Waals surface area (Å²) in [5.74, 6) is -0.607. The largest absolute Gasteiger partial charge is 0.328 e. The fraction of sp³-hybridized carbons (Fsp3) is 0.273. The molecule has 0 amide bonds. The van der Waals surface area contributed by atoms with E-state index < -0.39 is 17.1 Å². The summed E-state index contributed by atoms with van der Waals surface area (Å²) in [6, 6.07) is 2.76. The van der Waals surface area contributed by atoms with Gasteiger partial charge in [0.05, 0.1) is 10.9 Å². The lowest BCUT2D eigenvalue weighted by molar-refractivity contribution is 0.628. The van der Waals surface area contributed by atoms with Crippen molar-refractivity contribution in [2.45, 2.75) is 20.4 Å². The Balaban J connectivity index is 3.11. The van der Waals surface area contributed by atoms with Gasteiger partial charge in [-0.2, -0.15) is 0 Å². The first-order valence-electron chi connectivity index (χ1n) is 4.98. The van der Waals surface area contributed by atoms with Crippen molar-refractivity contribution in [2.75, 3.05) is 0 Å². The Morgan fingerprint density at radius 2 is 2.06 bits per heavy atom. The maximum Gasteiger partial charge on any atom is 0.328 e. The highest BCUT2D eigenvalue weighted by molar-refractivity contribution is 5.81. The van der Waals surface area contributed by atoms with Gasteiger partial charge >= 0.3 is 5.69 Å². The molecule has 1 aromatic carbocycles. The normalized spacial score (nSPS) is 10.9. The van der Waals surface area contributed by atoms with Crippen LogP contribution in [0.25, 0.3) is 10.9 Å². The van der Waals surface area contributed by atoms with Gasteiger partial charge < -0.3 is 4.98 Å². The first kappa shape index (κ1) is 10.6. The topological polar surface area (TPSA) is 54.9 Å². The van der Waals surface area contributed by atoms with E-state index in [1.165, 1.54) is 12.1 Å². The molecule has 0 aliphatic carbocycles. The van der Waals surface area contributed by atoms with E-state index in [-0.39, 0.29) is 17.4 Å². The van der Waals surface area contributed by atoms with Crippen molar-refractivity contribution < 1.29 is 4.39 Å². The lowest BCUT2D eigenvalue weighted by Gasteiger charge is -2.06. The summed E-state index contributed by atoms with van der Waals surface area (Å²) in [5, 5.41) is -0.0542. The number of hydrogen-bond donors (Lipinski definition) is 1. The Bertz CT molecular complexity index is 670. The molecule has 16 heavy (non-hydrogen) atoms. The summed E-state index contributed by atoms with van der Waals surface area (Å²) in [6.45, 7) is 3.60. The van der Waals surface area contributed by atoms with E-state index in [1.807, 2.05) is 0 Å². The van der Waals surface area contributed by atoms with Crippen molar-refractivity contribution in [3.8, 4) is 0 Å². The minimum Gasteiger partial charge on any atom is -0.306 e. The minimum atomic E-state index is -0.607. The van der Waals surface area contributed by atoms with Crippen molar-refractivity contribution >= 4 is 10.9 Å². The minimum absolute atomic E-state index is 0.0542. The number of rotatable bonds is 1. The maximum atomic E-state index is 13.5. The molecule has 0 radical (unpaired) electrons. The average molecular weight is 222 g/mol. The van der Waals surface area contributed by atoms with Gasteiger partial charge in [-0.05, 0) is 25.5 Å². The smallest absolute Gasteiger partial charge is 0.306 e. The Kier molecular flexibility index (Phi) is 2.38. The Morgan fingerprint density at radius 1 is 1.38 bits per heavy atom. The quantitative estimate of drug-likeness (QED) is 0.787. The number of H-pyrrole nitrogens is 1. The maximum absolute atomic E-state index is 13.5. The molecule has 0 aliphatic heterocycles. The highest BCUT2D eigenvalue weighted by Gasteiger charge is 2.11. The van der Waals surface area contributed by atoms with Crippen LogP contribution in [-0.2, 0) is 6.54 Å². The van der Waals surface area contributed by atoms with Crippen LogP contribution in [0.1, 0.15) is 12.5 Å². The zero-order chi connectivity index (χ0) is 11.9. The fourth-order valence-corrected chi connectivity index (χ4v) is 1.74. The molecule has 0 atom stereocenters. The van der Waals surface area contributed by atoms with Gasteiger partial charge in [-0.1, -0.05) is 6.07 Å². The number of nitrogens with one attached hydrogen (secondary N) is 1. The van der Waals surface area contributed by atoms with Crippen molar-refractivity contribution in [2.24, 2.45) is 0 Å². The highest BCUT2D eigenvalue weighted by Crippen LogP contribution is 2.14. The van der Waals surface area contributed by atoms with E-state index in [9.17, 15) is 14.0 Å². The molecule has 5 heteroatoms. The van der Waals surface area contributed by atoms with Gasteiger partial charge in [0.2, 0.25) is 0 Å². The van der Waals surface area contributed by atoms with Crippen LogP contribution in [0.2, 0.25) is 0 Å². The predicted molar refractivity (Wildman–Crippen MR) is 59.2 cm³/mol. The van der Waals surface area contributed by atoms with E-state index in [2.05, 4.69) is 4.98 Å². The molecule has 1 aromatic heterocycles. The van der Waals surface area contributed by atoms with Gasteiger partial charge in [0.15, 0.2) is 0 Å². The summed E-state index contributed by atoms with van der Waals surface area (Å²) in [4.78, 5) is 25.9. The molecular weight excluding hydrogens is 211 g/mol. The number of hydrogen-bond acceptors (Lipinski definition) is 2. The van der Waals surface area contributed by atoms with Crippen LogP contribution in [0.15, 0.2) is 21.7 Å². The molecule has 0 bridgehead atoms. The molecule has 4 nitrogen and oxygen atoms in total. The van der Waals surface area contributed by atoms with E-state index in [0.29, 0.717) is 5.56 Å². The molecule has 0 saturated carbocycles. The summed E-state index contributed by atoms with van der Waals surface area (Å²) in [6.07, 6.45) is 0. The fourth-order valence-electron chi connectivity index (χ4n) is 1.74. The number of aromatic nitrogens is 2. The van der Waals surface area contributed by atoms with Gasteiger partial charge in [0, 0.05) is 6.54 Å². The van der Waals surface area contributed by atoms with Crippen LogP contribution in [-0.4, -0.2) is 9.55 Å². The standard InChI is InChI=1S/C11H11FN2O2/c1-3-14-10(15)8-7(12)5-4-6(2)9(8)13-11(14)16/h4-5H,3H2,1-2H3,(H,13,16). The second-order valence-corrected chi connectivity index (χ2v) is 3.59. The lowest BCUT2D eigenvalue weighted by atomic mass is 10.1. The van der Waals surface area contributed by atoms with Crippen molar-refractivity contribution in [1.29, 1.82) is 0 Å². The number of halogens is 1. The van der Waals surface area contributed by atoms with Crippen molar-refractivity contribution in [1.82, 2.24) is 9.55 Å². The van der Waals surface area contributed by atoms with Crippen LogP contribution in [0.5, 0.6) is 0 Å². The Hall–Kier alpha value is -1.91. The van der Waals surface area contributed by atoms with E-state index >= 15 is 0 Å². The molecular formula is C11H11FN2O2. The van der Waals surface area contributed by atoms with Gasteiger partial charge in [-0.15, -0.1) is 0 Å². The van der Waals surface area contributed by atoms with Crippen molar-refractivity contribution in [3.63, 3.8) is 0 Å². The van der Waals surface area contributed by atoms with Crippen LogP contribution in [0.4, 0.5) is 4.39 Å². The molecule has 0 fully saturated rings.